The molecule has 1 saturated heterocycles. The average Bonchev–Trinajstić information content (AvgIpc) is 2.75. The zero-order valence-electron chi connectivity index (χ0n) is 11.9. The number of likely N-dealkylation sites (tertiary alicyclic amines) is 1. The first-order valence-electron chi connectivity index (χ1n) is 7.58. The van der Waals surface area contributed by atoms with Crippen molar-refractivity contribution in [1.82, 2.24) is 9.88 Å². The van der Waals surface area contributed by atoms with Gasteiger partial charge in [-0.3, -0.25) is 9.88 Å². The summed E-state index contributed by atoms with van der Waals surface area (Å²) in [4.78, 5) is 6.67. The predicted octanol–water partition coefficient (Wildman–Crippen LogP) is 3.85. The summed E-state index contributed by atoms with van der Waals surface area (Å²) in [6.45, 7) is 3.47. The SMILES string of the molecule is c1ccc(C2CCCN(Cc3ccncc3)CC2)cc1. The summed E-state index contributed by atoms with van der Waals surface area (Å²) in [6.07, 6.45) is 7.66. The Hall–Kier alpha value is -1.67. The molecule has 1 aliphatic heterocycles. The maximum atomic E-state index is 4.09. The van der Waals surface area contributed by atoms with Crippen molar-refractivity contribution in [2.45, 2.75) is 31.7 Å². The Kier molecular flexibility index (Phi) is 4.44. The Morgan fingerprint density at radius 3 is 2.55 bits per heavy atom. The molecule has 1 fully saturated rings. The Morgan fingerprint density at radius 2 is 1.75 bits per heavy atom. The lowest BCUT2D eigenvalue weighted by Gasteiger charge is -2.20. The molecule has 1 aromatic heterocycles. The highest BCUT2D eigenvalue weighted by atomic mass is 15.1. The summed E-state index contributed by atoms with van der Waals surface area (Å²) >= 11 is 0. The zero-order valence-corrected chi connectivity index (χ0v) is 11.9. The highest BCUT2D eigenvalue weighted by molar-refractivity contribution is 5.19. The minimum absolute atomic E-state index is 0.735. The molecule has 3 rings (SSSR count). The van der Waals surface area contributed by atoms with Crippen LogP contribution in [0.1, 0.15) is 36.3 Å². The Balaban J connectivity index is 1.60. The zero-order chi connectivity index (χ0) is 13.6. The van der Waals surface area contributed by atoms with Gasteiger partial charge in [-0.1, -0.05) is 30.3 Å². The van der Waals surface area contributed by atoms with E-state index in [1.54, 1.807) is 0 Å². The van der Waals surface area contributed by atoms with Crippen LogP contribution < -0.4 is 0 Å². The van der Waals surface area contributed by atoms with E-state index in [1.165, 1.54) is 43.5 Å². The van der Waals surface area contributed by atoms with Crippen LogP contribution >= 0.6 is 0 Å². The van der Waals surface area contributed by atoms with Crippen molar-refractivity contribution in [1.29, 1.82) is 0 Å². The Morgan fingerprint density at radius 1 is 0.950 bits per heavy atom. The topological polar surface area (TPSA) is 16.1 Å². The molecule has 1 unspecified atom stereocenters. The second-order valence-electron chi connectivity index (χ2n) is 5.67. The summed E-state index contributed by atoms with van der Waals surface area (Å²) in [5.74, 6) is 0.735. The van der Waals surface area contributed by atoms with Crippen molar-refractivity contribution in [3.8, 4) is 0 Å². The molecular formula is C18H22N2. The lowest BCUT2D eigenvalue weighted by atomic mass is 9.92. The minimum atomic E-state index is 0.735. The fraction of sp³-hybridized carbons (Fsp3) is 0.389. The first-order valence-corrected chi connectivity index (χ1v) is 7.58. The van der Waals surface area contributed by atoms with Crippen LogP contribution in [0.5, 0.6) is 0 Å². The van der Waals surface area contributed by atoms with E-state index in [4.69, 9.17) is 0 Å². The molecule has 0 amide bonds. The van der Waals surface area contributed by atoms with Gasteiger partial charge in [0.2, 0.25) is 0 Å². The number of hydrogen-bond acceptors (Lipinski definition) is 2. The fourth-order valence-electron chi connectivity index (χ4n) is 3.12. The van der Waals surface area contributed by atoms with Gasteiger partial charge in [0.05, 0.1) is 0 Å². The third-order valence-electron chi connectivity index (χ3n) is 4.25. The van der Waals surface area contributed by atoms with Gasteiger partial charge in [-0.25, -0.2) is 0 Å². The van der Waals surface area contributed by atoms with Crippen molar-refractivity contribution in [3.05, 3.63) is 66.0 Å². The van der Waals surface area contributed by atoms with Gasteiger partial charge in [0.25, 0.3) is 0 Å². The number of pyridine rings is 1. The molecule has 1 aliphatic rings. The van der Waals surface area contributed by atoms with Crippen LogP contribution in [0.2, 0.25) is 0 Å². The maximum Gasteiger partial charge on any atom is 0.0271 e. The van der Waals surface area contributed by atoms with E-state index >= 15 is 0 Å². The van der Waals surface area contributed by atoms with Gasteiger partial charge in [0, 0.05) is 18.9 Å². The van der Waals surface area contributed by atoms with Gasteiger partial charge < -0.3 is 0 Å². The van der Waals surface area contributed by atoms with Crippen LogP contribution in [0.15, 0.2) is 54.9 Å². The Labute approximate surface area is 121 Å². The normalized spacial score (nSPS) is 20.5. The molecule has 20 heavy (non-hydrogen) atoms. The molecule has 1 aromatic carbocycles. The molecule has 104 valence electrons. The first kappa shape index (κ1) is 13.3. The third-order valence-corrected chi connectivity index (χ3v) is 4.25. The highest BCUT2D eigenvalue weighted by Gasteiger charge is 2.18. The second kappa shape index (κ2) is 6.67. The van der Waals surface area contributed by atoms with Gasteiger partial charge >= 0.3 is 0 Å². The monoisotopic (exact) mass is 266 g/mol. The van der Waals surface area contributed by atoms with Crippen molar-refractivity contribution < 1.29 is 0 Å². The van der Waals surface area contributed by atoms with Crippen LogP contribution in [0.3, 0.4) is 0 Å². The molecule has 0 radical (unpaired) electrons. The average molecular weight is 266 g/mol. The molecule has 2 nitrogen and oxygen atoms in total. The molecule has 0 aliphatic carbocycles. The van der Waals surface area contributed by atoms with Crippen molar-refractivity contribution >= 4 is 0 Å². The van der Waals surface area contributed by atoms with Crippen LogP contribution in [-0.2, 0) is 6.54 Å². The quantitative estimate of drug-likeness (QED) is 0.839. The largest absolute Gasteiger partial charge is 0.299 e. The molecular weight excluding hydrogens is 244 g/mol. The Bertz CT molecular complexity index is 509. The van der Waals surface area contributed by atoms with Crippen molar-refractivity contribution in [2.75, 3.05) is 13.1 Å². The highest BCUT2D eigenvalue weighted by Crippen LogP contribution is 2.28. The third kappa shape index (κ3) is 3.45. The number of rotatable bonds is 3. The van der Waals surface area contributed by atoms with Crippen LogP contribution in [0, 0.1) is 0 Å². The van der Waals surface area contributed by atoms with Gasteiger partial charge in [-0.05, 0) is 61.5 Å². The van der Waals surface area contributed by atoms with Crippen LogP contribution in [0.4, 0.5) is 0 Å². The van der Waals surface area contributed by atoms with E-state index in [0.717, 1.165) is 12.5 Å². The lowest BCUT2D eigenvalue weighted by Crippen LogP contribution is -2.24. The molecule has 2 heterocycles. The first-order chi connectivity index (χ1) is 9.92. The van der Waals surface area contributed by atoms with E-state index in [0.29, 0.717) is 0 Å². The standard InChI is InChI=1S/C18H22N2/c1-2-5-17(6-3-1)18-7-4-13-20(14-10-18)15-16-8-11-19-12-9-16/h1-3,5-6,8-9,11-12,18H,4,7,10,13-15H2. The minimum Gasteiger partial charge on any atom is -0.299 e. The van der Waals surface area contributed by atoms with Crippen LogP contribution in [-0.4, -0.2) is 23.0 Å². The summed E-state index contributed by atoms with van der Waals surface area (Å²) < 4.78 is 0. The predicted molar refractivity (Wildman–Crippen MR) is 82.5 cm³/mol. The number of aromatic nitrogens is 1. The summed E-state index contributed by atoms with van der Waals surface area (Å²) in [5, 5.41) is 0. The van der Waals surface area contributed by atoms with E-state index < -0.39 is 0 Å². The van der Waals surface area contributed by atoms with Crippen LogP contribution in [0.25, 0.3) is 0 Å². The lowest BCUT2D eigenvalue weighted by molar-refractivity contribution is 0.275. The van der Waals surface area contributed by atoms with Gasteiger partial charge in [-0.15, -0.1) is 0 Å². The van der Waals surface area contributed by atoms with Gasteiger partial charge in [-0.2, -0.15) is 0 Å². The second-order valence-corrected chi connectivity index (χ2v) is 5.67. The molecule has 0 bridgehead atoms. The van der Waals surface area contributed by atoms with E-state index in [9.17, 15) is 0 Å². The van der Waals surface area contributed by atoms with E-state index in [2.05, 4.69) is 52.3 Å². The summed E-state index contributed by atoms with van der Waals surface area (Å²) in [5.41, 5.74) is 2.89. The smallest absolute Gasteiger partial charge is 0.0271 e. The molecule has 1 atom stereocenters. The van der Waals surface area contributed by atoms with Gasteiger partial charge in [0.15, 0.2) is 0 Å². The number of nitrogens with zero attached hydrogens (tertiary/aromatic N) is 2. The van der Waals surface area contributed by atoms with Crippen molar-refractivity contribution in [2.24, 2.45) is 0 Å². The van der Waals surface area contributed by atoms with Gasteiger partial charge in [0.1, 0.15) is 0 Å². The van der Waals surface area contributed by atoms with Crippen molar-refractivity contribution in [3.63, 3.8) is 0 Å². The molecule has 2 heteroatoms. The fourth-order valence-corrected chi connectivity index (χ4v) is 3.12. The molecule has 0 spiro atoms. The number of hydrogen-bond donors (Lipinski definition) is 0. The molecule has 0 N–H and O–H groups in total. The number of benzene rings is 1. The molecule has 0 saturated carbocycles. The summed E-state index contributed by atoms with van der Waals surface area (Å²) in [7, 11) is 0. The maximum absolute atomic E-state index is 4.09. The molecule has 2 aromatic rings. The van der Waals surface area contributed by atoms with E-state index in [1.807, 2.05) is 12.4 Å². The van der Waals surface area contributed by atoms with E-state index in [-0.39, 0.29) is 0 Å². The summed E-state index contributed by atoms with van der Waals surface area (Å²) in [6, 6.07) is 15.2.